The summed E-state index contributed by atoms with van der Waals surface area (Å²) in [5.41, 5.74) is 2.15. The first-order chi connectivity index (χ1) is 16.7. The number of esters is 1. The van der Waals surface area contributed by atoms with Crippen molar-refractivity contribution in [3.8, 4) is 5.75 Å². The first kappa shape index (κ1) is 24.9. The highest BCUT2D eigenvalue weighted by atomic mass is 32.2. The maximum atomic E-state index is 13.5. The highest BCUT2D eigenvalue weighted by Gasteiger charge is 2.38. The van der Waals surface area contributed by atoms with Crippen molar-refractivity contribution in [2.75, 3.05) is 29.0 Å². The number of sulfonamides is 1. The van der Waals surface area contributed by atoms with E-state index in [-0.39, 0.29) is 22.3 Å². The van der Waals surface area contributed by atoms with Crippen LogP contribution in [0.1, 0.15) is 11.1 Å². The van der Waals surface area contributed by atoms with E-state index >= 15 is 0 Å². The molecule has 0 radical (unpaired) electrons. The van der Waals surface area contributed by atoms with Crippen molar-refractivity contribution in [1.82, 2.24) is 10.2 Å². The fraction of sp³-hybridized carbons (Fsp3) is 0.273. The topological polar surface area (TPSA) is 128 Å². The number of thioether (sulfide) groups is 1. The Morgan fingerprint density at radius 1 is 1.17 bits per heavy atom. The van der Waals surface area contributed by atoms with Gasteiger partial charge in [0.2, 0.25) is 5.13 Å². The molecule has 0 bridgehead atoms. The number of rotatable bonds is 7. The van der Waals surface area contributed by atoms with Crippen molar-refractivity contribution >= 4 is 55.8 Å². The summed E-state index contributed by atoms with van der Waals surface area (Å²) in [6, 6.07) is 11.7. The van der Waals surface area contributed by atoms with Crippen molar-refractivity contribution in [3.63, 3.8) is 0 Å². The largest absolute Gasteiger partial charge is 0.476 e. The van der Waals surface area contributed by atoms with E-state index in [1.165, 1.54) is 23.5 Å². The zero-order chi connectivity index (χ0) is 25.2. The van der Waals surface area contributed by atoms with Gasteiger partial charge < -0.3 is 9.47 Å². The molecule has 0 fully saturated rings. The van der Waals surface area contributed by atoms with Crippen LogP contribution >= 0.6 is 23.1 Å². The molecule has 35 heavy (non-hydrogen) atoms. The molecule has 1 aliphatic heterocycles. The zero-order valence-corrected chi connectivity index (χ0v) is 21.5. The van der Waals surface area contributed by atoms with Crippen LogP contribution in [-0.4, -0.2) is 56.0 Å². The Morgan fingerprint density at radius 3 is 2.60 bits per heavy atom. The average molecular weight is 535 g/mol. The second kappa shape index (κ2) is 10.2. The lowest BCUT2D eigenvalue weighted by Gasteiger charge is -2.34. The number of benzene rings is 2. The maximum absolute atomic E-state index is 13.5. The molecule has 184 valence electrons. The minimum Gasteiger partial charge on any atom is -0.476 e. The van der Waals surface area contributed by atoms with E-state index in [0.717, 1.165) is 34.2 Å². The van der Waals surface area contributed by atoms with Crippen LogP contribution in [0.2, 0.25) is 0 Å². The van der Waals surface area contributed by atoms with E-state index in [2.05, 4.69) is 20.3 Å². The minimum atomic E-state index is -3.96. The van der Waals surface area contributed by atoms with Crippen molar-refractivity contribution < 1.29 is 27.5 Å². The van der Waals surface area contributed by atoms with Crippen LogP contribution in [0.15, 0.2) is 51.7 Å². The second-order valence-corrected chi connectivity index (χ2v) is 11.7. The molecule has 4 rings (SSSR count). The molecule has 3 aromatic rings. The summed E-state index contributed by atoms with van der Waals surface area (Å²) in [7, 11) is -2.66. The second-order valence-electron chi connectivity index (χ2n) is 7.65. The summed E-state index contributed by atoms with van der Waals surface area (Å²) >= 11 is 2.22. The van der Waals surface area contributed by atoms with Crippen molar-refractivity contribution in [2.24, 2.45) is 0 Å². The van der Waals surface area contributed by atoms with Gasteiger partial charge in [-0.1, -0.05) is 46.9 Å². The van der Waals surface area contributed by atoms with Gasteiger partial charge in [-0.2, -0.15) is 0 Å². The van der Waals surface area contributed by atoms with Gasteiger partial charge in [0.25, 0.3) is 15.9 Å². The third-order valence-corrected chi connectivity index (χ3v) is 8.80. The van der Waals surface area contributed by atoms with Gasteiger partial charge in [0, 0.05) is 0 Å². The lowest BCUT2D eigenvalue weighted by atomic mass is 10.1. The number of nitrogens with one attached hydrogen (secondary N) is 1. The fourth-order valence-corrected chi connectivity index (χ4v) is 6.31. The number of ether oxygens (including phenoxy) is 2. The molecule has 0 aliphatic carbocycles. The van der Waals surface area contributed by atoms with Crippen molar-refractivity contribution in [1.29, 1.82) is 0 Å². The van der Waals surface area contributed by atoms with E-state index in [0.29, 0.717) is 15.8 Å². The van der Waals surface area contributed by atoms with Crippen LogP contribution in [0.3, 0.4) is 0 Å². The SMILES string of the molecule is COC(=O)CSc1nnc(NC(=O)[C@@H]2CN(S(=O)(=O)c3ccc(C)cc3)c3ccc(C)cc3O2)s1. The molecular formula is C22H22N4O6S3. The number of carbonyl (C=O) groups is 2. The van der Waals surface area contributed by atoms with Gasteiger partial charge in [-0.05, 0) is 43.7 Å². The Labute approximate surface area is 210 Å². The number of fused-ring (bicyclic) bond motifs is 1. The third-order valence-electron chi connectivity index (χ3n) is 5.06. The molecule has 0 saturated heterocycles. The quantitative estimate of drug-likeness (QED) is 0.276. The molecular weight excluding hydrogens is 512 g/mol. The monoisotopic (exact) mass is 534 g/mol. The number of carbonyl (C=O) groups excluding carboxylic acids is 2. The first-order valence-electron chi connectivity index (χ1n) is 10.4. The predicted molar refractivity (Wildman–Crippen MR) is 133 cm³/mol. The average Bonchev–Trinajstić information content (AvgIpc) is 3.28. The van der Waals surface area contributed by atoms with Crippen LogP contribution in [0.4, 0.5) is 10.8 Å². The van der Waals surface area contributed by atoms with Crippen molar-refractivity contribution in [2.45, 2.75) is 29.2 Å². The minimum absolute atomic E-state index is 0.0623. The van der Waals surface area contributed by atoms with Gasteiger partial charge in [-0.25, -0.2) is 8.42 Å². The van der Waals surface area contributed by atoms with Gasteiger partial charge >= 0.3 is 5.97 Å². The smallest absolute Gasteiger partial charge is 0.316 e. The van der Waals surface area contributed by atoms with Gasteiger partial charge in [0.1, 0.15) is 5.75 Å². The van der Waals surface area contributed by atoms with Crippen molar-refractivity contribution in [3.05, 3.63) is 53.6 Å². The molecule has 1 aromatic heterocycles. The lowest BCUT2D eigenvalue weighted by Crippen LogP contribution is -2.48. The molecule has 1 atom stereocenters. The number of hydrogen-bond donors (Lipinski definition) is 1. The van der Waals surface area contributed by atoms with Gasteiger partial charge in [-0.15, -0.1) is 10.2 Å². The molecule has 13 heteroatoms. The molecule has 2 heterocycles. The third kappa shape index (κ3) is 5.57. The number of aromatic nitrogens is 2. The molecule has 1 N–H and O–H groups in total. The highest BCUT2D eigenvalue weighted by molar-refractivity contribution is 8.01. The van der Waals surface area contributed by atoms with E-state index in [1.807, 2.05) is 13.8 Å². The predicted octanol–water partition coefficient (Wildman–Crippen LogP) is 3.02. The zero-order valence-electron chi connectivity index (χ0n) is 19.0. The molecule has 0 spiro atoms. The normalized spacial score (nSPS) is 15.2. The highest BCUT2D eigenvalue weighted by Crippen LogP contribution is 2.38. The van der Waals surface area contributed by atoms with Crippen LogP contribution in [0.5, 0.6) is 5.75 Å². The maximum Gasteiger partial charge on any atom is 0.316 e. The Hall–Kier alpha value is -3.16. The summed E-state index contributed by atoms with van der Waals surface area (Å²) in [5, 5.41) is 10.7. The molecule has 0 unspecified atom stereocenters. The molecule has 1 aliphatic rings. The number of nitrogens with zero attached hydrogens (tertiary/aromatic N) is 3. The van der Waals surface area contributed by atoms with E-state index < -0.39 is 28.0 Å². The summed E-state index contributed by atoms with van der Waals surface area (Å²) in [6.45, 7) is 3.50. The molecule has 10 nitrogen and oxygen atoms in total. The van der Waals surface area contributed by atoms with E-state index in [1.54, 1.807) is 30.3 Å². The Kier molecular flexibility index (Phi) is 7.28. The Bertz CT molecular complexity index is 1360. The molecule has 0 saturated carbocycles. The van der Waals surface area contributed by atoms with Crippen LogP contribution < -0.4 is 14.4 Å². The lowest BCUT2D eigenvalue weighted by molar-refractivity contribution is -0.137. The molecule has 1 amide bonds. The standard InChI is InChI=1S/C22H22N4O6S3/c1-13-4-7-15(8-5-13)35(29,30)26-11-18(32-17-10-14(2)6-9-16(17)26)20(28)23-21-24-25-22(34-21)33-12-19(27)31-3/h4-10,18H,11-12H2,1-3H3,(H,23,24,28)/t18-/m0/s1. The summed E-state index contributed by atoms with van der Waals surface area (Å²) in [5.74, 6) is -0.622. The van der Waals surface area contributed by atoms with Gasteiger partial charge in [0.15, 0.2) is 10.4 Å². The summed E-state index contributed by atoms with van der Waals surface area (Å²) in [4.78, 5) is 24.5. The number of hydrogen-bond acceptors (Lipinski definition) is 10. The van der Waals surface area contributed by atoms with Crippen LogP contribution in [0.25, 0.3) is 0 Å². The number of methoxy groups -OCH3 is 1. The Balaban J connectivity index is 1.57. The molecule has 2 aromatic carbocycles. The van der Waals surface area contributed by atoms with Crippen LogP contribution in [0, 0.1) is 13.8 Å². The fourth-order valence-electron chi connectivity index (χ4n) is 3.25. The first-order valence-corrected chi connectivity index (χ1v) is 13.6. The number of anilines is 2. The van der Waals surface area contributed by atoms with E-state index in [9.17, 15) is 18.0 Å². The summed E-state index contributed by atoms with van der Waals surface area (Å²) < 4.78 is 39.2. The number of amides is 1. The van der Waals surface area contributed by atoms with Gasteiger partial charge in [0.05, 0.1) is 30.0 Å². The Morgan fingerprint density at radius 2 is 1.89 bits per heavy atom. The summed E-state index contributed by atoms with van der Waals surface area (Å²) in [6.07, 6.45) is -1.13. The van der Waals surface area contributed by atoms with Gasteiger partial charge in [-0.3, -0.25) is 19.2 Å². The van der Waals surface area contributed by atoms with Crippen LogP contribution in [-0.2, 0) is 24.3 Å². The van der Waals surface area contributed by atoms with E-state index in [4.69, 9.17) is 4.74 Å². The number of aryl methyl sites for hydroxylation is 2.